The molecule has 1 aromatic rings. The van der Waals surface area contributed by atoms with Crippen LogP contribution in [0.25, 0.3) is 0 Å². The molecule has 0 bridgehead atoms. The minimum absolute atomic E-state index is 0.0260. The third kappa shape index (κ3) is 2.75. The number of nitrogens with two attached hydrogens (primary N) is 1. The molecule has 0 saturated carbocycles. The number of benzene rings is 1. The van der Waals surface area contributed by atoms with Crippen LogP contribution >= 0.6 is 11.6 Å². The van der Waals surface area contributed by atoms with Gasteiger partial charge in [0, 0.05) is 6.54 Å². The van der Waals surface area contributed by atoms with Gasteiger partial charge in [-0.15, -0.1) is 0 Å². The average Bonchev–Trinajstić information content (AvgIpc) is 2.26. The normalized spacial score (nSPS) is 17.0. The molecule has 0 aliphatic carbocycles. The third-order valence-corrected chi connectivity index (χ3v) is 3.09. The van der Waals surface area contributed by atoms with Crippen LogP contribution in [0.2, 0.25) is 5.02 Å². The topological polar surface area (TPSA) is 81.8 Å². The lowest BCUT2D eigenvalue weighted by molar-refractivity contribution is -0.138. The van der Waals surface area contributed by atoms with E-state index in [1.165, 1.54) is 0 Å². The molecule has 1 aromatic carbocycles. The van der Waals surface area contributed by atoms with E-state index < -0.39 is 11.9 Å². The van der Waals surface area contributed by atoms with E-state index in [0.29, 0.717) is 29.5 Å². The van der Waals surface area contributed by atoms with E-state index in [0.717, 1.165) is 0 Å². The van der Waals surface area contributed by atoms with Crippen LogP contribution < -0.4 is 10.5 Å². The van der Waals surface area contributed by atoms with Crippen LogP contribution in [0.3, 0.4) is 0 Å². The summed E-state index contributed by atoms with van der Waals surface area (Å²) in [6.07, 6.45) is 0.0260. The number of carboxylic acids is 1. The molecule has 1 aliphatic rings. The molecule has 5 nitrogen and oxygen atoms in total. The van der Waals surface area contributed by atoms with E-state index in [1.807, 2.05) is 0 Å². The summed E-state index contributed by atoms with van der Waals surface area (Å²) in [5.74, 6) is -1.17. The highest BCUT2D eigenvalue weighted by atomic mass is 35.5. The van der Waals surface area contributed by atoms with Crippen LogP contribution in [0.5, 0.6) is 5.75 Å². The zero-order valence-corrected chi connectivity index (χ0v) is 10.4. The van der Waals surface area contributed by atoms with E-state index in [4.69, 9.17) is 31.9 Å². The average molecular weight is 272 g/mol. The Morgan fingerprint density at radius 3 is 2.78 bits per heavy atom. The number of ether oxygens (including phenoxy) is 2. The van der Waals surface area contributed by atoms with E-state index in [1.54, 1.807) is 18.2 Å². The quantitative estimate of drug-likeness (QED) is 0.842. The Hall–Kier alpha value is -1.30. The van der Waals surface area contributed by atoms with E-state index in [9.17, 15) is 4.79 Å². The van der Waals surface area contributed by atoms with Crippen LogP contribution in [0.15, 0.2) is 18.2 Å². The molecule has 0 amide bonds. The molecule has 0 radical (unpaired) electrons. The molecule has 1 saturated heterocycles. The van der Waals surface area contributed by atoms with Crippen molar-refractivity contribution in [2.45, 2.75) is 12.0 Å². The highest BCUT2D eigenvalue weighted by molar-refractivity contribution is 6.32. The smallest absolute Gasteiger partial charge is 0.312 e. The van der Waals surface area contributed by atoms with Crippen molar-refractivity contribution in [3.05, 3.63) is 28.8 Å². The van der Waals surface area contributed by atoms with Gasteiger partial charge >= 0.3 is 5.97 Å². The molecule has 6 heteroatoms. The van der Waals surface area contributed by atoms with E-state index in [-0.39, 0.29) is 12.6 Å². The maximum Gasteiger partial charge on any atom is 0.312 e. The Bertz CT molecular complexity index is 448. The highest BCUT2D eigenvalue weighted by Crippen LogP contribution is 2.30. The number of carbonyl (C=O) groups is 1. The minimum atomic E-state index is -0.963. The lowest BCUT2D eigenvalue weighted by atomic mass is 9.99. The standard InChI is InChI=1S/C12H14ClNO4/c13-10-3-7(9(4-14)12(15)16)1-2-11(10)18-8-5-17-6-8/h1-3,8-9H,4-6,14H2,(H,15,16). The monoisotopic (exact) mass is 271 g/mol. The maximum atomic E-state index is 11.0. The first-order valence-corrected chi connectivity index (χ1v) is 5.96. The van der Waals surface area contributed by atoms with Crippen molar-refractivity contribution in [2.24, 2.45) is 5.73 Å². The predicted octanol–water partition coefficient (Wildman–Crippen LogP) is 1.24. The van der Waals surface area contributed by atoms with Crippen molar-refractivity contribution in [2.75, 3.05) is 19.8 Å². The van der Waals surface area contributed by atoms with Gasteiger partial charge in [-0.05, 0) is 17.7 Å². The van der Waals surface area contributed by atoms with Crippen LogP contribution in [-0.4, -0.2) is 36.9 Å². The second-order valence-corrected chi connectivity index (χ2v) is 4.50. The zero-order chi connectivity index (χ0) is 13.1. The summed E-state index contributed by atoms with van der Waals surface area (Å²) < 4.78 is 10.6. The van der Waals surface area contributed by atoms with Crippen LogP contribution in [-0.2, 0) is 9.53 Å². The summed E-state index contributed by atoms with van der Waals surface area (Å²) in [6.45, 7) is 1.14. The lowest BCUT2D eigenvalue weighted by Gasteiger charge is -2.27. The van der Waals surface area contributed by atoms with E-state index >= 15 is 0 Å². The summed E-state index contributed by atoms with van der Waals surface area (Å²) >= 11 is 6.06. The minimum Gasteiger partial charge on any atom is -0.484 e. The molecule has 18 heavy (non-hydrogen) atoms. The van der Waals surface area contributed by atoms with Crippen molar-refractivity contribution in [1.29, 1.82) is 0 Å². The molecule has 1 unspecified atom stereocenters. The van der Waals surface area contributed by atoms with Crippen molar-refractivity contribution in [3.8, 4) is 5.75 Å². The van der Waals surface area contributed by atoms with Crippen molar-refractivity contribution >= 4 is 17.6 Å². The van der Waals surface area contributed by atoms with Gasteiger partial charge in [-0.3, -0.25) is 4.79 Å². The van der Waals surface area contributed by atoms with Gasteiger partial charge in [-0.1, -0.05) is 17.7 Å². The van der Waals surface area contributed by atoms with Gasteiger partial charge in [-0.25, -0.2) is 0 Å². The summed E-state index contributed by atoms with van der Waals surface area (Å²) in [7, 11) is 0. The number of hydrogen-bond donors (Lipinski definition) is 2. The molecular formula is C12H14ClNO4. The third-order valence-electron chi connectivity index (χ3n) is 2.79. The Labute approximate surface area is 109 Å². The molecule has 1 heterocycles. The number of hydrogen-bond acceptors (Lipinski definition) is 4. The van der Waals surface area contributed by atoms with Gasteiger partial charge in [0.25, 0.3) is 0 Å². The molecule has 0 spiro atoms. The first kappa shape index (κ1) is 13.1. The zero-order valence-electron chi connectivity index (χ0n) is 9.64. The van der Waals surface area contributed by atoms with Crippen LogP contribution in [0, 0.1) is 0 Å². The summed E-state index contributed by atoms with van der Waals surface area (Å²) in [4.78, 5) is 11.0. The van der Waals surface area contributed by atoms with Crippen molar-refractivity contribution < 1.29 is 19.4 Å². The van der Waals surface area contributed by atoms with Crippen LogP contribution in [0.1, 0.15) is 11.5 Å². The van der Waals surface area contributed by atoms with Gasteiger partial charge < -0.3 is 20.3 Å². The SMILES string of the molecule is NCC(C(=O)O)c1ccc(OC2COC2)c(Cl)c1. The number of aliphatic carboxylic acids is 1. The van der Waals surface area contributed by atoms with Crippen LogP contribution in [0.4, 0.5) is 0 Å². The molecule has 1 fully saturated rings. The van der Waals surface area contributed by atoms with Gasteiger partial charge in [0.2, 0.25) is 0 Å². The fraction of sp³-hybridized carbons (Fsp3) is 0.417. The molecule has 0 aromatic heterocycles. The number of halogens is 1. The second kappa shape index (κ2) is 5.56. The Morgan fingerprint density at radius 1 is 1.61 bits per heavy atom. The lowest BCUT2D eigenvalue weighted by Crippen LogP contribution is -2.38. The summed E-state index contributed by atoms with van der Waals surface area (Å²) in [5.41, 5.74) is 6.01. The molecule has 1 atom stereocenters. The van der Waals surface area contributed by atoms with Crippen molar-refractivity contribution in [1.82, 2.24) is 0 Å². The second-order valence-electron chi connectivity index (χ2n) is 4.09. The summed E-state index contributed by atoms with van der Waals surface area (Å²) in [6, 6.07) is 4.93. The first-order valence-electron chi connectivity index (χ1n) is 5.58. The Morgan fingerprint density at radius 2 is 2.33 bits per heavy atom. The van der Waals surface area contributed by atoms with Gasteiger partial charge in [0.15, 0.2) is 0 Å². The largest absolute Gasteiger partial charge is 0.484 e. The molecule has 1 aliphatic heterocycles. The summed E-state index contributed by atoms with van der Waals surface area (Å²) in [5, 5.41) is 9.40. The fourth-order valence-electron chi connectivity index (χ4n) is 1.67. The Kier molecular flexibility index (Phi) is 4.06. The van der Waals surface area contributed by atoms with E-state index in [2.05, 4.69) is 0 Å². The molecule has 98 valence electrons. The fourth-order valence-corrected chi connectivity index (χ4v) is 1.90. The number of rotatable bonds is 5. The predicted molar refractivity (Wildman–Crippen MR) is 66.1 cm³/mol. The number of carboxylic acid groups (broad SMARTS) is 1. The highest BCUT2D eigenvalue weighted by Gasteiger charge is 2.23. The van der Waals surface area contributed by atoms with Gasteiger partial charge in [0.1, 0.15) is 11.9 Å². The first-order chi connectivity index (χ1) is 8.61. The molecular weight excluding hydrogens is 258 g/mol. The van der Waals surface area contributed by atoms with Gasteiger partial charge in [-0.2, -0.15) is 0 Å². The maximum absolute atomic E-state index is 11.0. The molecule has 2 rings (SSSR count). The molecule has 3 N–H and O–H groups in total. The van der Waals surface area contributed by atoms with Gasteiger partial charge in [0.05, 0.1) is 24.2 Å². The Balaban J connectivity index is 2.15. The van der Waals surface area contributed by atoms with Crippen molar-refractivity contribution in [3.63, 3.8) is 0 Å².